The topological polar surface area (TPSA) is 25.8 Å². The second kappa shape index (κ2) is 8.45. The number of aromatic nitrogens is 2. The molecule has 1 heterocycles. The molecule has 0 spiro atoms. The van der Waals surface area contributed by atoms with Crippen molar-refractivity contribution >= 4 is 0 Å². The van der Waals surface area contributed by atoms with Crippen molar-refractivity contribution in [3.8, 4) is 0 Å². The molecule has 0 radical (unpaired) electrons. The van der Waals surface area contributed by atoms with Crippen molar-refractivity contribution in [2.24, 2.45) is 17.8 Å². The van der Waals surface area contributed by atoms with Gasteiger partial charge in [-0.05, 0) is 67.4 Å². The van der Waals surface area contributed by atoms with E-state index in [4.69, 9.17) is 5.10 Å². The van der Waals surface area contributed by atoms with Gasteiger partial charge in [0, 0.05) is 5.92 Å². The van der Waals surface area contributed by atoms with Gasteiger partial charge in [0.2, 0.25) is 0 Å². The summed E-state index contributed by atoms with van der Waals surface area (Å²) in [5.74, 6) is 3.60. The number of fused-ring (bicyclic) bond motifs is 2. The smallest absolute Gasteiger partial charge is 0.0696 e. The Morgan fingerprint density at radius 3 is 2.46 bits per heavy atom. The van der Waals surface area contributed by atoms with Crippen LogP contribution < -0.4 is 0 Å². The molecular weight excluding hydrogens is 292 g/mol. The Morgan fingerprint density at radius 1 is 1.00 bits per heavy atom. The molecule has 0 aromatic carbocycles. The lowest BCUT2D eigenvalue weighted by Crippen LogP contribution is -2.13. The fourth-order valence-corrected chi connectivity index (χ4v) is 5.03. The van der Waals surface area contributed by atoms with Crippen molar-refractivity contribution in [3.63, 3.8) is 0 Å². The monoisotopic (exact) mass is 328 g/mol. The molecule has 1 aromatic rings. The van der Waals surface area contributed by atoms with Crippen LogP contribution in [0.25, 0.3) is 0 Å². The van der Waals surface area contributed by atoms with Crippen LogP contribution in [0.15, 0.2) is 6.20 Å². The van der Waals surface area contributed by atoms with Gasteiger partial charge in [0.1, 0.15) is 0 Å². The van der Waals surface area contributed by atoms with Crippen LogP contribution >= 0.6 is 0 Å². The first-order valence-electron chi connectivity index (χ1n) is 10.6. The summed E-state index contributed by atoms with van der Waals surface area (Å²) in [5.41, 5.74) is 4.50. The van der Waals surface area contributed by atoms with Crippen molar-refractivity contribution < 1.29 is 0 Å². The van der Waals surface area contributed by atoms with Gasteiger partial charge < -0.3 is 0 Å². The van der Waals surface area contributed by atoms with E-state index in [9.17, 15) is 0 Å². The summed E-state index contributed by atoms with van der Waals surface area (Å²) in [6, 6.07) is 0. The van der Waals surface area contributed by atoms with E-state index in [1.807, 2.05) is 0 Å². The predicted octanol–water partition coefficient (Wildman–Crippen LogP) is 6.09. The summed E-state index contributed by atoms with van der Waals surface area (Å²) in [7, 11) is 0. The molecule has 0 saturated heterocycles. The Bertz CT molecular complexity index is 525. The molecule has 4 unspecified atom stereocenters. The van der Waals surface area contributed by atoms with Gasteiger partial charge in [0.05, 0.1) is 11.9 Å². The van der Waals surface area contributed by atoms with Gasteiger partial charge in [0.15, 0.2) is 0 Å². The Kier molecular flexibility index (Phi) is 6.30. The lowest BCUT2D eigenvalue weighted by atomic mass is 9.85. The molecule has 4 atom stereocenters. The lowest BCUT2D eigenvalue weighted by molar-refractivity contribution is 0.491. The molecule has 2 nitrogen and oxygen atoms in total. The second-order valence-electron chi connectivity index (χ2n) is 8.33. The SMILES string of the molecule is CCCCCC(CCCC)c1nncc2c1CCC1C(C)C1CC2. The number of hydrogen-bond acceptors (Lipinski definition) is 2. The highest BCUT2D eigenvalue weighted by atomic mass is 15.1. The molecule has 2 aliphatic carbocycles. The third-order valence-corrected chi connectivity index (χ3v) is 6.76. The maximum Gasteiger partial charge on any atom is 0.0696 e. The number of aryl methyl sites for hydroxylation is 1. The Hall–Kier alpha value is -0.920. The van der Waals surface area contributed by atoms with Gasteiger partial charge in [-0.25, -0.2) is 0 Å². The lowest BCUT2D eigenvalue weighted by Gasteiger charge is -2.22. The molecule has 24 heavy (non-hydrogen) atoms. The largest absolute Gasteiger partial charge is 0.159 e. The Morgan fingerprint density at radius 2 is 1.71 bits per heavy atom. The summed E-state index contributed by atoms with van der Waals surface area (Å²) in [6.07, 6.45) is 16.5. The summed E-state index contributed by atoms with van der Waals surface area (Å²) >= 11 is 0. The summed E-state index contributed by atoms with van der Waals surface area (Å²) in [5, 5.41) is 9.14. The molecule has 1 aromatic heterocycles. The van der Waals surface area contributed by atoms with Crippen LogP contribution in [0, 0.1) is 17.8 Å². The highest BCUT2D eigenvalue weighted by Gasteiger charge is 2.46. The zero-order chi connectivity index (χ0) is 16.9. The number of nitrogens with zero attached hydrogens (tertiary/aromatic N) is 2. The normalized spacial score (nSPS) is 26.9. The highest BCUT2D eigenvalue weighted by Crippen LogP contribution is 2.52. The van der Waals surface area contributed by atoms with Gasteiger partial charge in [-0.15, -0.1) is 0 Å². The zero-order valence-corrected chi connectivity index (χ0v) is 16.1. The van der Waals surface area contributed by atoms with Crippen LogP contribution in [-0.2, 0) is 12.8 Å². The average molecular weight is 329 g/mol. The minimum absolute atomic E-state index is 0.644. The van der Waals surface area contributed by atoms with Crippen molar-refractivity contribution in [2.45, 2.75) is 97.3 Å². The molecule has 134 valence electrons. The van der Waals surface area contributed by atoms with Crippen LogP contribution in [0.5, 0.6) is 0 Å². The summed E-state index contributed by atoms with van der Waals surface area (Å²) in [6.45, 7) is 7.06. The third kappa shape index (κ3) is 4.00. The standard InChI is InChI=1S/C22H36N2/c1-4-6-8-10-17(9-7-5-2)22-21-14-13-20-16(3)19(20)12-11-18(21)15-23-24-22/h15-17,19-20H,4-14H2,1-3H3. The summed E-state index contributed by atoms with van der Waals surface area (Å²) < 4.78 is 0. The fraction of sp³-hybridized carbons (Fsp3) is 0.818. The zero-order valence-electron chi connectivity index (χ0n) is 16.1. The van der Waals surface area contributed by atoms with E-state index in [1.165, 1.54) is 81.9 Å². The van der Waals surface area contributed by atoms with Crippen molar-refractivity contribution in [3.05, 3.63) is 23.0 Å². The average Bonchev–Trinajstić information content (AvgIpc) is 3.19. The van der Waals surface area contributed by atoms with Crippen LogP contribution in [0.1, 0.15) is 101 Å². The van der Waals surface area contributed by atoms with Crippen LogP contribution in [0.2, 0.25) is 0 Å². The summed E-state index contributed by atoms with van der Waals surface area (Å²) in [4.78, 5) is 0. The fourth-order valence-electron chi connectivity index (χ4n) is 5.03. The molecule has 1 saturated carbocycles. The first-order chi connectivity index (χ1) is 11.8. The minimum atomic E-state index is 0.644. The van der Waals surface area contributed by atoms with Crippen molar-refractivity contribution in [1.82, 2.24) is 10.2 Å². The predicted molar refractivity (Wildman–Crippen MR) is 101 cm³/mol. The van der Waals surface area contributed by atoms with E-state index < -0.39 is 0 Å². The number of hydrogen-bond donors (Lipinski definition) is 0. The molecule has 0 amide bonds. The second-order valence-corrected chi connectivity index (χ2v) is 8.33. The van der Waals surface area contributed by atoms with E-state index >= 15 is 0 Å². The van der Waals surface area contributed by atoms with E-state index in [0.29, 0.717) is 5.92 Å². The highest BCUT2D eigenvalue weighted by molar-refractivity contribution is 5.32. The maximum atomic E-state index is 4.70. The van der Waals surface area contributed by atoms with E-state index in [2.05, 4.69) is 32.1 Å². The van der Waals surface area contributed by atoms with Crippen molar-refractivity contribution in [2.75, 3.05) is 0 Å². The van der Waals surface area contributed by atoms with Gasteiger partial charge in [-0.2, -0.15) is 10.2 Å². The van der Waals surface area contributed by atoms with Crippen LogP contribution in [-0.4, -0.2) is 10.2 Å². The quantitative estimate of drug-likeness (QED) is 0.539. The minimum Gasteiger partial charge on any atom is -0.159 e. The first kappa shape index (κ1) is 17.9. The van der Waals surface area contributed by atoms with Gasteiger partial charge in [-0.1, -0.05) is 52.9 Å². The molecule has 3 rings (SSSR count). The molecule has 2 heteroatoms. The molecule has 0 N–H and O–H groups in total. The van der Waals surface area contributed by atoms with Gasteiger partial charge in [-0.3, -0.25) is 0 Å². The van der Waals surface area contributed by atoms with E-state index in [-0.39, 0.29) is 0 Å². The van der Waals surface area contributed by atoms with Gasteiger partial charge in [0.25, 0.3) is 0 Å². The molecule has 2 aliphatic rings. The Balaban J connectivity index is 1.78. The van der Waals surface area contributed by atoms with E-state index in [1.54, 1.807) is 5.56 Å². The number of rotatable bonds is 8. The third-order valence-electron chi connectivity index (χ3n) is 6.76. The van der Waals surface area contributed by atoms with Crippen molar-refractivity contribution in [1.29, 1.82) is 0 Å². The van der Waals surface area contributed by atoms with Gasteiger partial charge >= 0.3 is 0 Å². The molecule has 0 bridgehead atoms. The molecule has 1 fully saturated rings. The van der Waals surface area contributed by atoms with Crippen LogP contribution in [0.4, 0.5) is 0 Å². The van der Waals surface area contributed by atoms with Crippen LogP contribution in [0.3, 0.4) is 0 Å². The Labute approximate surface area is 148 Å². The molecular formula is C22H36N2. The number of unbranched alkanes of at least 4 members (excludes halogenated alkanes) is 3. The molecule has 0 aliphatic heterocycles. The van der Waals surface area contributed by atoms with E-state index in [0.717, 1.165) is 17.8 Å². The first-order valence-corrected chi connectivity index (χ1v) is 10.6. The maximum absolute atomic E-state index is 4.70.